The van der Waals surface area contributed by atoms with E-state index in [0.717, 1.165) is 12.8 Å². The molecule has 1 atom stereocenters. The second-order valence-corrected chi connectivity index (χ2v) is 4.34. The largest absolute Gasteiger partial charge is 0.465 e. The summed E-state index contributed by atoms with van der Waals surface area (Å²) in [5.41, 5.74) is 0.184. The molecule has 0 aromatic rings. The number of carbonyl (C=O) groups excluding carboxylic acids is 1. The Hall–Kier alpha value is -0.530. The van der Waals surface area contributed by atoms with Gasteiger partial charge in [-0.2, -0.15) is 0 Å². The van der Waals surface area contributed by atoms with Gasteiger partial charge in [0, 0.05) is 11.8 Å². The van der Waals surface area contributed by atoms with Crippen molar-refractivity contribution in [1.82, 2.24) is 0 Å². The molecule has 2 heteroatoms. The predicted molar refractivity (Wildman–Crippen MR) is 47.8 cm³/mol. The lowest BCUT2D eigenvalue weighted by Crippen LogP contribution is -2.37. The first-order valence-electron chi connectivity index (χ1n) is 4.72. The molecule has 2 nitrogen and oxygen atoms in total. The molecule has 1 heterocycles. The summed E-state index contributed by atoms with van der Waals surface area (Å²) in [5.74, 6) is 0.497. The van der Waals surface area contributed by atoms with Gasteiger partial charge in [-0.1, -0.05) is 27.2 Å². The van der Waals surface area contributed by atoms with E-state index in [-0.39, 0.29) is 11.4 Å². The third-order valence-electron chi connectivity index (χ3n) is 2.76. The van der Waals surface area contributed by atoms with Gasteiger partial charge in [-0.05, 0) is 12.3 Å². The number of ether oxygens (including phenoxy) is 1. The van der Waals surface area contributed by atoms with E-state index in [9.17, 15) is 4.79 Å². The fourth-order valence-electron chi connectivity index (χ4n) is 1.76. The highest BCUT2D eigenvalue weighted by Crippen LogP contribution is 2.36. The van der Waals surface area contributed by atoms with E-state index in [1.807, 2.05) is 0 Å². The third-order valence-corrected chi connectivity index (χ3v) is 2.76. The molecule has 12 heavy (non-hydrogen) atoms. The van der Waals surface area contributed by atoms with Crippen LogP contribution in [-0.4, -0.2) is 12.6 Å². The van der Waals surface area contributed by atoms with Crippen molar-refractivity contribution in [3.05, 3.63) is 0 Å². The quantitative estimate of drug-likeness (QED) is 0.595. The Balaban J connectivity index is 2.58. The molecule has 0 aromatic carbocycles. The van der Waals surface area contributed by atoms with Crippen molar-refractivity contribution >= 4 is 5.97 Å². The van der Waals surface area contributed by atoms with Gasteiger partial charge in [-0.15, -0.1) is 0 Å². The molecule has 0 bridgehead atoms. The van der Waals surface area contributed by atoms with E-state index in [4.69, 9.17) is 4.74 Å². The van der Waals surface area contributed by atoms with Gasteiger partial charge in [0.1, 0.15) is 0 Å². The van der Waals surface area contributed by atoms with Gasteiger partial charge >= 0.3 is 5.97 Å². The van der Waals surface area contributed by atoms with Gasteiger partial charge in [0.05, 0.1) is 6.61 Å². The fraction of sp³-hybridized carbons (Fsp3) is 0.900. The van der Waals surface area contributed by atoms with Crippen molar-refractivity contribution in [1.29, 1.82) is 0 Å². The van der Waals surface area contributed by atoms with Crippen LogP contribution >= 0.6 is 0 Å². The summed E-state index contributed by atoms with van der Waals surface area (Å²) in [6.45, 7) is 7.12. The number of carbonyl (C=O) groups is 1. The van der Waals surface area contributed by atoms with Crippen LogP contribution in [0.4, 0.5) is 0 Å². The molecule has 1 aliphatic rings. The minimum absolute atomic E-state index is 0.0206. The van der Waals surface area contributed by atoms with E-state index in [0.29, 0.717) is 18.9 Å². The number of hydrogen-bond donors (Lipinski definition) is 0. The lowest BCUT2D eigenvalue weighted by molar-refractivity contribution is -0.158. The second-order valence-electron chi connectivity index (χ2n) is 4.34. The zero-order valence-electron chi connectivity index (χ0n) is 8.22. The van der Waals surface area contributed by atoms with Crippen molar-refractivity contribution in [3.63, 3.8) is 0 Å². The van der Waals surface area contributed by atoms with Crippen molar-refractivity contribution in [3.8, 4) is 0 Å². The lowest BCUT2D eigenvalue weighted by Gasteiger charge is -2.37. The molecule has 0 radical (unpaired) electrons. The Morgan fingerprint density at radius 1 is 1.58 bits per heavy atom. The summed E-state index contributed by atoms with van der Waals surface area (Å²) < 4.78 is 5.03. The molecular weight excluding hydrogens is 152 g/mol. The Morgan fingerprint density at radius 3 is 2.83 bits per heavy atom. The van der Waals surface area contributed by atoms with Crippen LogP contribution in [0.15, 0.2) is 0 Å². The van der Waals surface area contributed by atoms with Gasteiger partial charge in [0.2, 0.25) is 0 Å². The highest BCUT2D eigenvalue weighted by Gasteiger charge is 2.36. The highest BCUT2D eigenvalue weighted by molar-refractivity contribution is 5.70. The Bertz CT molecular complexity index is 173. The molecule has 0 saturated carbocycles. The Labute approximate surface area is 74.3 Å². The molecular formula is C10H18O2. The molecule has 0 N–H and O–H groups in total. The topological polar surface area (TPSA) is 26.3 Å². The van der Waals surface area contributed by atoms with E-state index in [1.165, 1.54) is 0 Å². The molecule has 1 aliphatic heterocycles. The summed E-state index contributed by atoms with van der Waals surface area (Å²) >= 11 is 0. The normalized spacial score (nSPS) is 28.2. The molecule has 0 spiro atoms. The summed E-state index contributed by atoms with van der Waals surface area (Å²) in [4.78, 5) is 11.0. The first kappa shape index (κ1) is 9.56. The maximum atomic E-state index is 11.0. The maximum absolute atomic E-state index is 11.0. The zero-order chi connectivity index (χ0) is 9.19. The number of hydrogen-bond acceptors (Lipinski definition) is 2. The molecule has 0 aliphatic carbocycles. The monoisotopic (exact) mass is 170 g/mol. The van der Waals surface area contributed by atoms with Gasteiger partial charge in [0.15, 0.2) is 0 Å². The summed E-state index contributed by atoms with van der Waals surface area (Å²) in [6, 6.07) is 0. The third kappa shape index (κ3) is 1.99. The lowest BCUT2D eigenvalue weighted by atomic mass is 9.74. The highest BCUT2D eigenvalue weighted by atomic mass is 16.5. The predicted octanol–water partition coefficient (Wildman–Crippen LogP) is 2.38. The zero-order valence-corrected chi connectivity index (χ0v) is 8.22. The number of cyclic esters (lactones) is 1. The van der Waals surface area contributed by atoms with Gasteiger partial charge < -0.3 is 4.74 Å². The first-order chi connectivity index (χ1) is 5.56. The molecule has 70 valence electrons. The SMILES string of the molecule is CCCC1CC(=O)OCC1(C)C. The summed E-state index contributed by atoms with van der Waals surface area (Å²) in [7, 11) is 0. The van der Waals surface area contributed by atoms with Crippen LogP contribution < -0.4 is 0 Å². The van der Waals surface area contributed by atoms with E-state index in [1.54, 1.807) is 0 Å². The average Bonchev–Trinajstić information content (AvgIpc) is 1.98. The van der Waals surface area contributed by atoms with Crippen molar-refractivity contribution < 1.29 is 9.53 Å². The van der Waals surface area contributed by atoms with E-state index in [2.05, 4.69) is 20.8 Å². The standard InChI is InChI=1S/C10H18O2/c1-4-5-8-6-9(11)12-7-10(8,2)3/h8H,4-7H2,1-3H3. The molecule has 0 amide bonds. The van der Waals surface area contributed by atoms with Gasteiger partial charge in [0.25, 0.3) is 0 Å². The van der Waals surface area contributed by atoms with E-state index < -0.39 is 0 Å². The van der Waals surface area contributed by atoms with E-state index >= 15 is 0 Å². The average molecular weight is 170 g/mol. The van der Waals surface area contributed by atoms with Crippen LogP contribution in [0.2, 0.25) is 0 Å². The molecule has 1 saturated heterocycles. The van der Waals surface area contributed by atoms with Crippen molar-refractivity contribution in [2.75, 3.05) is 6.61 Å². The van der Waals surface area contributed by atoms with Gasteiger partial charge in [-0.3, -0.25) is 4.79 Å². The van der Waals surface area contributed by atoms with Crippen LogP contribution in [0.3, 0.4) is 0 Å². The molecule has 0 aromatic heterocycles. The smallest absolute Gasteiger partial charge is 0.306 e. The van der Waals surface area contributed by atoms with Crippen LogP contribution in [0.1, 0.15) is 40.0 Å². The van der Waals surface area contributed by atoms with Crippen LogP contribution in [0.25, 0.3) is 0 Å². The summed E-state index contributed by atoms with van der Waals surface area (Å²) in [5, 5.41) is 0. The number of esters is 1. The molecule has 1 rings (SSSR count). The minimum Gasteiger partial charge on any atom is -0.465 e. The number of rotatable bonds is 2. The van der Waals surface area contributed by atoms with Crippen molar-refractivity contribution in [2.45, 2.75) is 40.0 Å². The Kier molecular flexibility index (Phi) is 2.76. The van der Waals surface area contributed by atoms with Gasteiger partial charge in [-0.25, -0.2) is 0 Å². The Morgan fingerprint density at radius 2 is 2.25 bits per heavy atom. The second kappa shape index (κ2) is 3.46. The summed E-state index contributed by atoms with van der Waals surface area (Å²) in [6.07, 6.45) is 2.91. The van der Waals surface area contributed by atoms with Crippen LogP contribution in [0.5, 0.6) is 0 Å². The fourth-order valence-corrected chi connectivity index (χ4v) is 1.76. The minimum atomic E-state index is -0.0206. The van der Waals surface area contributed by atoms with Crippen molar-refractivity contribution in [2.24, 2.45) is 11.3 Å². The maximum Gasteiger partial charge on any atom is 0.306 e. The first-order valence-corrected chi connectivity index (χ1v) is 4.72. The molecule has 1 unspecified atom stereocenters. The van der Waals surface area contributed by atoms with Crippen LogP contribution in [0, 0.1) is 11.3 Å². The van der Waals surface area contributed by atoms with Crippen LogP contribution in [-0.2, 0) is 9.53 Å². The molecule has 1 fully saturated rings.